The molecule has 0 aliphatic rings. The lowest BCUT2D eigenvalue weighted by Gasteiger charge is -2.18. The van der Waals surface area contributed by atoms with Crippen LogP contribution in [0.15, 0.2) is 39.4 Å². The predicted octanol–water partition coefficient (Wildman–Crippen LogP) is 4.41. The molecule has 5 heteroatoms. The van der Waals surface area contributed by atoms with Gasteiger partial charge in [0, 0.05) is 5.56 Å². The molecule has 1 atom stereocenters. The average molecular weight is 330 g/mol. The van der Waals surface area contributed by atoms with Crippen LogP contribution in [0.25, 0.3) is 0 Å². The standard InChI is InChI=1S/C14H14BrF2NO/c1-2-5-18-14(13-4-3-6-19-13)9-7-12(17)10(15)8-11(9)16/h3-4,6-8,14,18H,2,5H2,1H3. The Balaban J connectivity index is 2.40. The van der Waals surface area contributed by atoms with Gasteiger partial charge >= 0.3 is 0 Å². The third kappa shape index (κ3) is 3.22. The summed E-state index contributed by atoms with van der Waals surface area (Å²) in [5.41, 5.74) is 0.240. The Morgan fingerprint density at radius 1 is 1.32 bits per heavy atom. The Morgan fingerprint density at radius 2 is 2.11 bits per heavy atom. The summed E-state index contributed by atoms with van der Waals surface area (Å²) in [6.07, 6.45) is 2.40. The molecule has 0 aliphatic heterocycles. The average Bonchev–Trinajstić information content (AvgIpc) is 2.89. The second kappa shape index (κ2) is 6.30. The minimum atomic E-state index is -0.494. The SMILES string of the molecule is CCCNC(c1ccco1)c1cc(F)c(Br)cc1F. The highest BCUT2D eigenvalue weighted by molar-refractivity contribution is 9.10. The molecule has 0 radical (unpaired) electrons. The van der Waals surface area contributed by atoms with Crippen molar-refractivity contribution in [2.75, 3.05) is 6.54 Å². The van der Waals surface area contributed by atoms with Gasteiger partial charge in [0.05, 0.1) is 16.8 Å². The number of nitrogens with one attached hydrogen (secondary N) is 1. The lowest BCUT2D eigenvalue weighted by atomic mass is 10.0. The molecule has 0 saturated heterocycles. The minimum absolute atomic E-state index is 0.113. The molecule has 1 heterocycles. The second-order valence-corrected chi connectivity index (χ2v) is 5.04. The molecule has 2 aromatic rings. The van der Waals surface area contributed by atoms with Crippen molar-refractivity contribution in [3.63, 3.8) is 0 Å². The summed E-state index contributed by atoms with van der Waals surface area (Å²) in [5.74, 6) is -0.404. The zero-order chi connectivity index (χ0) is 13.8. The molecule has 0 spiro atoms. The van der Waals surface area contributed by atoms with E-state index in [0.717, 1.165) is 12.5 Å². The van der Waals surface area contributed by atoms with Gasteiger partial charge in [0.25, 0.3) is 0 Å². The summed E-state index contributed by atoms with van der Waals surface area (Å²) in [5, 5.41) is 3.16. The number of hydrogen-bond donors (Lipinski definition) is 1. The Morgan fingerprint density at radius 3 is 2.74 bits per heavy atom. The van der Waals surface area contributed by atoms with Gasteiger partial charge in [0.1, 0.15) is 17.4 Å². The second-order valence-electron chi connectivity index (χ2n) is 4.19. The van der Waals surface area contributed by atoms with Crippen LogP contribution in [0.4, 0.5) is 8.78 Å². The van der Waals surface area contributed by atoms with Crippen molar-refractivity contribution in [1.82, 2.24) is 5.32 Å². The van der Waals surface area contributed by atoms with Gasteiger partial charge in [-0.2, -0.15) is 0 Å². The normalized spacial score (nSPS) is 12.6. The highest BCUT2D eigenvalue weighted by atomic mass is 79.9. The molecule has 0 fully saturated rings. The molecule has 1 aromatic carbocycles. The van der Waals surface area contributed by atoms with Crippen LogP contribution in [-0.4, -0.2) is 6.54 Å². The van der Waals surface area contributed by atoms with Crippen LogP contribution in [0.5, 0.6) is 0 Å². The van der Waals surface area contributed by atoms with Crippen molar-refractivity contribution in [1.29, 1.82) is 0 Å². The molecule has 0 saturated carbocycles. The Kier molecular flexibility index (Phi) is 4.71. The smallest absolute Gasteiger partial charge is 0.137 e. The first-order chi connectivity index (χ1) is 9.13. The molecule has 19 heavy (non-hydrogen) atoms. The zero-order valence-corrected chi connectivity index (χ0v) is 12.0. The van der Waals surface area contributed by atoms with E-state index < -0.39 is 17.7 Å². The summed E-state index contributed by atoms with van der Waals surface area (Å²) in [4.78, 5) is 0. The molecule has 1 aromatic heterocycles. The van der Waals surface area contributed by atoms with Crippen molar-refractivity contribution in [2.24, 2.45) is 0 Å². The first kappa shape index (κ1) is 14.2. The van der Waals surface area contributed by atoms with E-state index in [4.69, 9.17) is 4.42 Å². The van der Waals surface area contributed by atoms with Gasteiger partial charge in [0.2, 0.25) is 0 Å². The summed E-state index contributed by atoms with van der Waals surface area (Å²) < 4.78 is 33.1. The highest BCUT2D eigenvalue weighted by Crippen LogP contribution is 2.28. The van der Waals surface area contributed by atoms with Crippen LogP contribution < -0.4 is 5.32 Å². The maximum atomic E-state index is 14.0. The third-order valence-corrected chi connectivity index (χ3v) is 3.38. The third-order valence-electron chi connectivity index (χ3n) is 2.78. The fourth-order valence-corrected chi connectivity index (χ4v) is 2.18. The lowest BCUT2D eigenvalue weighted by Crippen LogP contribution is -2.24. The Hall–Kier alpha value is -1.20. The van der Waals surface area contributed by atoms with Gasteiger partial charge in [-0.25, -0.2) is 8.78 Å². The van der Waals surface area contributed by atoms with E-state index in [9.17, 15) is 8.78 Å². The quantitative estimate of drug-likeness (QED) is 0.822. The summed E-state index contributed by atoms with van der Waals surface area (Å²) in [7, 11) is 0. The monoisotopic (exact) mass is 329 g/mol. The molecule has 1 unspecified atom stereocenters. The van der Waals surface area contributed by atoms with E-state index in [1.165, 1.54) is 12.3 Å². The lowest BCUT2D eigenvalue weighted by molar-refractivity contribution is 0.434. The first-order valence-electron chi connectivity index (χ1n) is 6.04. The van der Waals surface area contributed by atoms with Crippen LogP contribution in [-0.2, 0) is 0 Å². The number of furan rings is 1. The number of halogens is 3. The minimum Gasteiger partial charge on any atom is -0.467 e. The van der Waals surface area contributed by atoms with E-state index in [1.54, 1.807) is 12.1 Å². The van der Waals surface area contributed by atoms with E-state index >= 15 is 0 Å². The van der Waals surface area contributed by atoms with Gasteiger partial charge in [-0.3, -0.25) is 0 Å². The van der Waals surface area contributed by atoms with Gasteiger partial charge in [-0.05, 0) is 53.2 Å². The van der Waals surface area contributed by atoms with Crippen molar-refractivity contribution >= 4 is 15.9 Å². The maximum absolute atomic E-state index is 14.0. The van der Waals surface area contributed by atoms with Crippen LogP contribution >= 0.6 is 15.9 Å². The maximum Gasteiger partial charge on any atom is 0.137 e. The molecule has 2 nitrogen and oxygen atoms in total. The molecule has 102 valence electrons. The molecule has 0 bridgehead atoms. The van der Waals surface area contributed by atoms with E-state index in [1.807, 2.05) is 6.92 Å². The highest BCUT2D eigenvalue weighted by Gasteiger charge is 2.21. The van der Waals surface area contributed by atoms with Gasteiger partial charge in [0.15, 0.2) is 0 Å². The number of rotatable bonds is 5. The van der Waals surface area contributed by atoms with E-state index in [0.29, 0.717) is 12.3 Å². The number of hydrogen-bond acceptors (Lipinski definition) is 2. The van der Waals surface area contributed by atoms with Gasteiger partial charge in [-0.1, -0.05) is 6.92 Å². The van der Waals surface area contributed by atoms with E-state index in [2.05, 4.69) is 21.2 Å². The summed E-state index contributed by atoms with van der Waals surface area (Å²) in [6, 6.07) is 5.30. The molecule has 1 N–H and O–H groups in total. The zero-order valence-electron chi connectivity index (χ0n) is 10.4. The van der Waals surface area contributed by atoms with Crippen molar-refractivity contribution in [3.8, 4) is 0 Å². The van der Waals surface area contributed by atoms with Gasteiger partial charge < -0.3 is 9.73 Å². The molecular weight excluding hydrogens is 316 g/mol. The molecule has 2 rings (SSSR count). The number of benzene rings is 1. The van der Waals surface area contributed by atoms with Crippen molar-refractivity contribution < 1.29 is 13.2 Å². The van der Waals surface area contributed by atoms with Gasteiger partial charge in [-0.15, -0.1) is 0 Å². The van der Waals surface area contributed by atoms with Crippen LogP contribution in [0.2, 0.25) is 0 Å². The first-order valence-corrected chi connectivity index (χ1v) is 6.84. The van der Waals surface area contributed by atoms with E-state index in [-0.39, 0.29) is 10.0 Å². The van der Waals surface area contributed by atoms with Crippen LogP contribution in [0.3, 0.4) is 0 Å². The molecular formula is C14H14BrF2NO. The van der Waals surface area contributed by atoms with Crippen molar-refractivity contribution in [3.05, 3.63) is 58.0 Å². The summed E-state index contributed by atoms with van der Waals surface area (Å²) >= 11 is 2.97. The fraction of sp³-hybridized carbons (Fsp3) is 0.286. The molecule has 0 amide bonds. The largest absolute Gasteiger partial charge is 0.467 e. The van der Waals surface area contributed by atoms with Crippen molar-refractivity contribution in [2.45, 2.75) is 19.4 Å². The fourth-order valence-electron chi connectivity index (χ4n) is 1.87. The molecule has 0 aliphatic carbocycles. The predicted molar refractivity (Wildman–Crippen MR) is 72.9 cm³/mol. The Bertz CT molecular complexity index is 543. The Labute approximate surface area is 118 Å². The van der Waals surface area contributed by atoms with Crippen LogP contribution in [0, 0.1) is 11.6 Å². The topological polar surface area (TPSA) is 25.2 Å². The summed E-state index contributed by atoms with van der Waals surface area (Å²) in [6.45, 7) is 2.69. The van der Waals surface area contributed by atoms with Crippen LogP contribution in [0.1, 0.15) is 30.7 Å².